The lowest BCUT2D eigenvalue weighted by Crippen LogP contribution is -2.48. The van der Waals surface area contributed by atoms with Crippen LogP contribution < -0.4 is 18.9 Å². The van der Waals surface area contributed by atoms with Crippen LogP contribution in [0.3, 0.4) is 0 Å². The zero-order chi connectivity index (χ0) is 15.6. The van der Waals surface area contributed by atoms with E-state index >= 15 is 0 Å². The maximum Gasteiger partial charge on any atom is 0.315 e. The number of nitrogens with zero attached hydrogens (tertiary/aromatic N) is 1. The molecule has 0 aliphatic carbocycles. The van der Waals surface area contributed by atoms with E-state index in [1.807, 2.05) is 0 Å². The molecule has 1 aromatic rings. The summed E-state index contributed by atoms with van der Waals surface area (Å²) in [6.45, 7) is 1.53. The molecule has 0 radical (unpaired) electrons. The van der Waals surface area contributed by atoms with E-state index in [9.17, 15) is 10.0 Å². The van der Waals surface area contributed by atoms with Crippen molar-refractivity contribution in [1.29, 1.82) is 0 Å². The van der Waals surface area contributed by atoms with E-state index in [-0.39, 0.29) is 6.54 Å². The number of hydrogen-bond donors (Lipinski definition) is 0. The summed E-state index contributed by atoms with van der Waals surface area (Å²) < 4.78 is 15.0. The van der Waals surface area contributed by atoms with Gasteiger partial charge in [-0.1, -0.05) is 0 Å². The van der Waals surface area contributed by atoms with E-state index in [4.69, 9.17) is 14.2 Å². The smallest absolute Gasteiger partial charge is 0.315 e. The summed E-state index contributed by atoms with van der Waals surface area (Å²) in [7, 11) is 4.48. The molecule has 1 atom stereocenters. The molecule has 1 aromatic carbocycles. The Bertz CT molecular complexity index is 557. The van der Waals surface area contributed by atoms with Crippen molar-refractivity contribution in [2.45, 2.75) is 26.2 Å². The van der Waals surface area contributed by atoms with Crippen LogP contribution in [-0.4, -0.2) is 33.8 Å². The summed E-state index contributed by atoms with van der Waals surface area (Å²) in [5.41, 5.74) is 1.13. The number of hydroxylamine groups is 2. The van der Waals surface area contributed by atoms with Crippen molar-refractivity contribution in [3.63, 3.8) is 0 Å². The molecule has 0 N–H and O–H groups in total. The summed E-state index contributed by atoms with van der Waals surface area (Å²) in [4.78, 5) is 12.0. The molecule has 21 heavy (non-hydrogen) atoms. The van der Waals surface area contributed by atoms with Gasteiger partial charge in [0.15, 0.2) is 11.4 Å². The van der Waals surface area contributed by atoms with Gasteiger partial charge < -0.3 is 19.4 Å². The molecule has 6 heteroatoms. The third-order valence-electron chi connectivity index (χ3n) is 3.92. The van der Waals surface area contributed by atoms with Crippen LogP contribution in [-0.2, 0) is 11.2 Å². The Morgan fingerprint density at radius 2 is 1.81 bits per heavy atom. The highest BCUT2D eigenvalue weighted by atomic mass is 16.6. The van der Waals surface area contributed by atoms with Crippen molar-refractivity contribution in [3.8, 4) is 17.2 Å². The highest BCUT2D eigenvalue weighted by Gasteiger charge is 2.37. The molecule has 0 bridgehead atoms. The Morgan fingerprint density at radius 3 is 2.33 bits per heavy atom. The number of quaternary nitrogens is 1. The maximum absolute atomic E-state index is 13.1. The van der Waals surface area contributed by atoms with E-state index in [1.54, 1.807) is 6.07 Å². The fourth-order valence-corrected chi connectivity index (χ4v) is 2.85. The molecule has 0 fully saturated rings. The second-order valence-electron chi connectivity index (χ2n) is 5.09. The molecule has 2 rings (SSSR count). The summed E-state index contributed by atoms with van der Waals surface area (Å²) >= 11 is 0. The third kappa shape index (κ3) is 2.45. The number of carbonyl (C=O) groups is 1. The number of carbonyl (C=O) groups excluding carboxylic acids is 1. The van der Waals surface area contributed by atoms with Crippen LogP contribution in [0.5, 0.6) is 17.2 Å². The predicted molar refractivity (Wildman–Crippen MR) is 79.7 cm³/mol. The summed E-state index contributed by atoms with van der Waals surface area (Å²) in [5.74, 6) is 0.688. The molecule has 1 aliphatic rings. The van der Waals surface area contributed by atoms with E-state index in [0.717, 1.165) is 12.0 Å². The average molecular weight is 295 g/mol. The Kier molecular flexibility index (Phi) is 4.39. The molecule has 0 saturated carbocycles. The van der Waals surface area contributed by atoms with Gasteiger partial charge in [0.05, 0.1) is 34.8 Å². The van der Waals surface area contributed by atoms with Crippen LogP contribution in [0.15, 0.2) is 6.07 Å². The zero-order valence-corrected chi connectivity index (χ0v) is 12.9. The van der Waals surface area contributed by atoms with Crippen molar-refractivity contribution in [1.82, 2.24) is 4.65 Å². The number of rotatable bonds is 3. The van der Waals surface area contributed by atoms with Gasteiger partial charge in [0.1, 0.15) is 0 Å². The number of ether oxygens (including phenoxy) is 3. The van der Waals surface area contributed by atoms with Crippen LogP contribution in [0, 0.1) is 5.21 Å². The molecule has 1 amide bonds. The first-order valence-corrected chi connectivity index (χ1v) is 6.92. The van der Waals surface area contributed by atoms with Crippen LogP contribution >= 0.6 is 0 Å². The second kappa shape index (κ2) is 5.91. The lowest BCUT2D eigenvalue weighted by molar-refractivity contribution is -0.125. The first-order chi connectivity index (χ1) is 9.99. The summed E-state index contributed by atoms with van der Waals surface area (Å²) in [5, 5.41) is 13.1. The Balaban J connectivity index is 2.81. The first kappa shape index (κ1) is 15.6. The van der Waals surface area contributed by atoms with Crippen molar-refractivity contribution < 1.29 is 19.0 Å². The van der Waals surface area contributed by atoms with Crippen molar-refractivity contribution in [3.05, 3.63) is 16.8 Å². The Morgan fingerprint density at radius 1 is 1.14 bits per heavy atom. The highest BCUT2D eigenvalue weighted by molar-refractivity contribution is 5.91. The molecule has 1 aliphatic heterocycles. The number of fused-ring (bicyclic) bond motifs is 1. The van der Waals surface area contributed by atoms with Crippen LogP contribution in [0.25, 0.3) is 0 Å². The zero-order valence-electron chi connectivity index (χ0n) is 12.9. The minimum Gasteiger partial charge on any atom is -0.620 e. The lowest BCUT2D eigenvalue weighted by Gasteiger charge is -2.39. The average Bonchev–Trinajstić information content (AvgIpc) is 2.65. The Labute approximate surface area is 124 Å². The van der Waals surface area contributed by atoms with Gasteiger partial charge in [-0.05, 0) is 25.3 Å². The standard InChI is InChI=1S/C15H21NO5/c1-10(17)16(18)8-6-5-7-11-9-12(19-2)14(20-3)15(21-4)13(11)16/h9H,5-8H2,1-4H3. The van der Waals surface area contributed by atoms with Gasteiger partial charge in [-0.2, -0.15) is 0 Å². The van der Waals surface area contributed by atoms with E-state index in [0.29, 0.717) is 35.8 Å². The quantitative estimate of drug-likeness (QED) is 0.632. The fraction of sp³-hybridized carbons (Fsp3) is 0.533. The maximum atomic E-state index is 13.1. The largest absolute Gasteiger partial charge is 0.620 e. The summed E-state index contributed by atoms with van der Waals surface area (Å²) in [6.07, 6.45) is 2.24. The predicted octanol–water partition coefficient (Wildman–Crippen LogP) is 2.40. The number of benzene rings is 1. The molecular formula is C15H21NO5. The van der Waals surface area contributed by atoms with Gasteiger partial charge in [-0.3, -0.25) is 4.65 Å². The normalized spacial score (nSPS) is 21.2. The van der Waals surface area contributed by atoms with Crippen LogP contribution in [0.1, 0.15) is 25.3 Å². The second-order valence-corrected chi connectivity index (χ2v) is 5.09. The van der Waals surface area contributed by atoms with Crippen LogP contribution in [0.2, 0.25) is 0 Å². The molecule has 116 valence electrons. The minimum atomic E-state index is -1.02. The van der Waals surface area contributed by atoms with Crippen molar-refractivity contribution >= 4 is 11.6 Å². The number of hydrogen-bond acceptors (Lipinski definition) is 5. The number of methoxy groups -OCH3 is 3. The van der Waals surface area contributed by atoms with E-state index in [2.05, 4.69) is 0 Å². The van der Waals surface area contributed by atoms with Gasteiger partial charge in [0, 0.05) is 5.56 Å². The topological polar surface area (TPSA) is 67.8 Å². The molecule has 1 unspecified atom stereocenters. The lowest BCUT2D eigenvalue weighted by atomic mass is 10.0. The van der Waals surface area contributed by atoms with Crippen LogP contribution in [0.4, 0.5) is 5.69 Å². The van der Waals surface area contributed by atoms with E-state index < -0.39 is 10.6 Å². The van der Waals surface area contributed by atoms with Crippen molar-refractivity contribution in [2.75, 3.05) is 27.9 Å². The number of aryl methyl sites for hydroxylation is 1. The third-order valence-corrected chi connectivity index (χ3v) is 3.92. The molecule has 1 heterocycles. The molecule has 0 aromatic heterocycles. The first-order valence-electron chi connectivity index (χ1n) is 6.92. The molecule has 0 saturated heterocycles. The van der Waals surface area contributed by atoms with E-state index in [1.165, 1.54) is 28.3 Å². The van der Waals surface area contributed by atoms with Gasteiger partial charge >= 0.3 is 5.91 Å². The van der Waals surface area contributed by atoms with Gasteiger partial charge in [-0.25, -0.2) is 4.79 Å². The SMILES string of the molecule is COc1cc2c(c(OC)c1OC)[N+]([O-])(C(C)=O)CCCC2. The highest BCUT2D eigenvalue weighted by Crippen LogP contribution is 2.50. The fourth-order valence-electron chi connectivity index (χ4n) is 2.85. The Hall–Kier alpha value is -1.79. The molecule has 6 nitrogen and oxygen atoms in total. The van der Waals surface area contributed by atoms with Gasteiger partial charge in [-0.15, -0.1) is 0 Å². The monoisotopic (exact) mass is 295 g/mol. The molecule has 0 spiro atoms. The summed E-state index contributed by atoms with van der Waals surface area (Å²) in [6, 6.07) is 1.77. The number of amides is 1. The van der Waals surface area contributed by atoms with Crippen molar-refractivity contribution in [2.24, 2.45) is 0 Å². The van der Waals surface area contributed by atoms with Gasteiger partial charge in [0.2, 0.25) is 11.5 Å². The minimum absolute atomic E-state index is 0.216. The molecular weight excluding hydrogens is 274 g/mol. The van der Waals surface area contributed by atoms with Gasteiger partial charge in [0.25, 0.3) is 0 Å².